The van der Waals surface area contributed by atoms with Crippen LogP contribution in [0, 0.1) is 6.92 Å². The zero-order valence-electron chi connectivity index (χ0n) is 16.9. The predicted octanol–water partition coefficient (Wildman–Crippen LogP) is 5.19. The van der Waals surface area contributed by atoms with E-state index in [-0.39, 0.29) is 11.6 Å². The zero-order chi connectivity index (χ0) is 22.3. The van der Waals surface area contributed by atoms with E-state index in [2.05, 4.69) is 15.5 Å². The van der Waals surface area contributed by atoms with Crippen molar-refractivity contribution in [2.75, 3.05) is 5.32 Å². The number of hydrogen-bond acceptors (Lipinski definition) is 3. The van der Waals surface area contributed by atoms with Crippen molar-refractivity contribution in [1.29, 1.82) is 0 Å². The Balaban J connectivity index is 1.50. The van der Waals surface area contributed by atoms with E-state index < -0.39 is 28.8 Å². The van der Waals surface area contributed by atoms with Crippen LogP contribution in [0.1, 0.15) is 54.2 Å². The minimum Gasteiger partial charge on any atom is -0.307 e. The van der Waals surface area contributed by atoms with Crippen LogP contribution in [0.3, 0.4) is 0 Å². The number of amides is 1. The summed E-state index contributed by atoms with van der Waals surface area (Å²) in [5.41, 5.74) is 1.31. The van der Waals surface area contributed by atoms with Crippen LogP contribution in [0.5, 0.6) is 0 Å². The fourth-order valence-electron chi connectivity index (χ4n) is 3.48. The molecule has 1 aliphatic rings. The smallest absolute Gasteiger partial charge is 0.307 e. The fraction of sp³-hybridized carbons (Fsp3) is 0.381. The van der Waals surface area contributed by atoms with Gasteiger partial charge in [0.15, 0.2) is 11.5 Å². The standard InChI is InChI=1S/C21H21ClF3N5O/c1-12-4-3-5-14(10-12)11-29-9-8-16(27-29)26-20(31)13(2)30-18(15-6-7-15)17(22)19(28-30)21(23,24)25/h3-5,8-10,13,15H,6-7,11H2,1-2H3,(H,26,27,31). The average Bonchev–Trinajstić information content (AvgIpc) is 3.33. The molecule has 1 fully saturated rings. The maximum absolute atomic E-state index is 13.3. The Hall–Kier alpha value is -2.81. The first kappa shape index (κ1) is 21.4. The molecule has 1 unspecified atom stereocenters. The molecule has 0 radical (unpaired) electrons. The molecule has 1 saturated carbocycles. The molecule has 1 amide bonds. The van der Waals surface area contributed by atoms with Crippen molar-refractivity contribution in [3.63, 3.8) is 0 Å². The summed E-state index contributed by atoms with van der Waals surface area (Å²) in [6.07, 6.45) is -1.51. The van der Waals surface area contributed by atoms with Crippen molar-refractivity contribution in [3.8, 4) is 0 Å². The molecule has 1 aliphatic carbocycles. The van der Waals surface area contributed by atoms with Gasteiger partial charge in [0.25, 0.3) is 0 Å². The van der Waals surface area contributed by atoms with Gasteiger partial charge in [-0.25, -0.2) is 0 Å². The number of carbonyl (C=O) groups excluding carboxylic acids is 1. The molecule has 3 aromatic rings. The van der Waals surface area contributed by atoms with E-state index in [0.717, 1.165) is 28.7 Å². The summed E-state index contributed by atoms with van der Waals surface area (Å²) in [6.45, 7) is 4.03. The second-order valence-corrected chi connectivity index (χ2v) is 8.20. The minimum atomic E-state index is -4.68. The van der Waals surface area contributed by atoms with E-state index in [0.29, 0.717) is 12.4 Å². The molecule has 6 nitrogen and oxygen atoms in total. The molecule has 31 heavy (non-hydrogen) atoms. The molecule has 2 heterocycles. The highest BCUT2D eigenvalue weighted by atomic mass is 35.5. The van der Waals surface area contributed by atoms with Gasteiger partial charge in [-0.3, -0.25) is 14.2 Å². The average molecular weight is 452 g/mol. The zero-order valence-corrected chi connectivity index (χ0v) is 17.7. The molecule has 1 aromatic carbocycles. The van der Waals surface area contributed by atoms with Crippen molar-refractivity contribution in [1.82, 2.24) is 19.6 Å². The van der Waals surface area contributed by atoms with Crippen LogP contribution in [0.25, 0.3) is 0 Å². The van der Waals surface area contributed by atoms with Crippen molar-refractivity contribution >= 4 is 23.3 Å². The summed E-state index contributed by atoms with van der Waals surface area (Å²) in [5.74, 6) is -0.317. The van der Waals surface area contributed by atoms with Crippen LogP contribution in [0.4, 0.5) is 19.0 Å². The minimum absolute atomic E-state index is 0.111. The normalized spacial score (nSPS) is 15.2. The number of rotatable bonds is 6. The second-order valence-electron chi connectivity index (χ2n) is 7.82. The second kappa shape index (κ2) is 8.03. The third-order valence-electron chi connectivity index (χ3n) is 5.19. The largest absolute Gasteiger partial charge is 0.436 e. The lowest BCUT2D eigenvalue weighted by Gasteiger charge is -2.15. The first-order chi connectivity index (χ1) is 14.6. The number of aromatic nitrogens is 4. The number of halogens is 4. The van der Waals surface area contributed by atoms with E-state index in [1.165, 1.54) is 6.92 Å². The molecule has 0 spiro atoms. The van der Waals surface area contributed by atoms with Gasteiger partial charge in [-0.15, -0.1) is 0 Å². The lowest BCUT2D eigenvalue weighted by molar-refractivity contribution is -0.141. The van der Waals surface area contributed by atoms with Gasteiger partial charge in [-0.1, -0.05) is 41.4 Å². The van der Waals surface area contributed by atoms with Gasteiger partial charge in [0.1, 0.15) is 6.04 Å². The molecule has 10 heteroatoms. The van der Waals surface area contributed by atoms with Gasteiger partial charge >= 0.3 is 6.18 Å². The quantitative estimate of drug-likeness (QED) is 0.561. The van der Waals surface area contributed by atoms with E-state index in [1.807, 2.05) is 31.2 Å². The summed E-state index contributed by atoms with van der Waals surface area (Å²) >= 11 is 6.00. The van der Waals surface area contributed by atoms with E-state index in [9.17, 15) is 18.0 Å². The Kier molecular flexibility index (Phi) is 5.55. The summed E-state index contributed by atoms with van der Waals surface area (Å²) in [4.78, 5) is 12.7. The topological polar surface area (TPSA) is 64.7 Å². The molecule has 1 N–H and O–H groups in total. The first-order valence-corrected chi connectivity index (χ1v) is 10.3. The molecule has 4 rings (SSSR count). The van der Waals surface area contributed by atoms with Crippen LogP contribution >= 0.6 is 11.6 Å². The van der Waals surface area contributed by atoms with Crippen molar-refractivity contribution < 1.29 is 18.0 Å². The third-order valence-corrected chi connectivity index (χ3v) is 5.56. The lowest BCUT2D eigenvalue weighted by atomic mass is 10.1. The summed E-state index contributed by atoms with van der Waals surface area (Å²) < 4.78 is 42.6. The van der Waals surface area contributed by atoms with Crippen molar-refractivity contribution in [2.45, 2.75) is 51.4 Å². The molecule has 0 bridgehead atoms. The number of anilines is 1. The number of nitrogens with one attached hydrogen (secondary N) is 1. The Morgan fingerprint density at radius 2 is 2.03 bits per heavy atom. The van der Waals surface area contributed by atoms with Gasteiger partial charge in [-0.05, 0) is 32.3 Å². The molecular formula is C21H21ClF3N5O. The first-order valence-electron chi connectivity index (χ1n) is 9.88. The van der Waals surface area contributed by atoms with Crippen LogP contribution in [0.15, 0.2) is 36.5 Å². The number of aryl methyl sites for hydroxylation is 1. The molecule has 2 aromatic heterocycles. The molecule has 0 saturated heterocycles. The summed E-state index contributed by atoms with van der Waals surface area (Å²) in [6, 6.07) is 8.64. The van der Waals surface area contributed by atoms with Gasteiger partial charge in [-0.2, -0.15) is 23.4 Å². The monoisotopic (exact) mass is 451 g/mol. The molecular weight excluding hydrogens is 431 g/mol. The van der Waals surface area contributed by atoms with Crippen molar-refractivity contribution in [3.05, 3.63) is 64.1 Å². The van der Waals surface area contributed by atoms with Crippen LogP contribution in [0.2, 0.25) is 5.02 Å². The Morgan fingerprint density at radius 1 is 1.29 bits per heavy atom. The summed E-state index contributed by atoms with van der Waals surface area (Å²) in [5, 5.41) is 10.2. The highest BCUT2D eigenvalue weighted by molar-refractivity contribution is 6.32. The van der Waals surface area contributed by atoms with Gasteiger partial charge in [0.05, 0.1) is 17.3 Å². The third kappa shape index (κ3) is 4.61. The Bertz CT molecular complexity index is 1120. The Morgan fingerprint density at radius 3 is 2.68 bits per heavy atom. The predicted molar refractivity (Wildman–Crippen MR) is 110 cm³/mol. The molecule has 164 valence electrons. The highest BCUT2D eigenvalue weighted by Crippen LogP contribution is 2.47. The molecule has 0 aliphatic heterocycles. The maximum atomic E-state index is 13.3. The number of hydrogen-bond donors (Lipinski definition) is 1. The number of nitrogens with zero attached hydrogens (tertiary/aromatic N) is 4. The summed E-state index contributed by atoms with van der Waals surface area (Å²) in [7, 11) is 0. The van der Waals surface area contributed by atoms with Crippen LogP contribution < -0.4 is 5.32 Å². The van der Waals surface area contributed by atoms with Gasteiger partial charge in [0, 0.05) is 18.2 Å². The van der Waals surface area contributed by atoms with E-state index >= 15 is 0 Å². The molecule has 1 atom stereocenters. The number of alkyl halides is 3. The van der Waals surface area contributed by atoms with Gasteiger partial charge in [0.2, 0.25) is 5.91 Å². The van der Waals surface area contributed by atoms with Crippen molar-refractivity contribution in [2.24, 2.45) is 0 Å². The SMILES string of the molecule is Cc1cccc(Cn2ccc(NC(=O)C(C)n3nc(C(F)(F)F)c(Cl)c3C3CC3)n2)c1. The van der Waals surface area contributed by atoms with E-state index in [1.54, 1.807) is 16.9 Å². The Labute approximate surface area is 182 Å². The van der Waals surface area contributed by atoms with E-state index in [4.69, 9.17) is 11.6 Å². The van der Waals surface area contributed by atoms with Crippen LogP contribution in [-0.4, -0.2) is 25.5 Å². The van der Waals surface area contributed by atoms with Crippen LogP contribution in [-0.2, 0) is 17.5 Å². The number of benzene rings is 1. The fourth-order valence-corrected chi connectivity index (χ4v) is 3.87. The maximum Gasteiger partial charge on any atom is 0.436 e. The highest BCUT2D eigenvalue weighted by Gasteiger charge is 2.43. The van der Waals surface area contributed by atoms with Gasteiger partial charge < -0.3 is 5.32 Å². The lowest BCUT2D eigenvalue weighted by Crippen LogP contribution is -2.26. The number of carbonyl (C=O) groups is 1.